The van der Waals surface area contributed by atoms with Gasteiger partial charge in [-0.2, -0.15) is 0 Å². The maximum atomic E-state index is 12.2. The number of ether oxygens (including phenoxy) is 1. The fraction of sp³-hybridized carbons (Fsp3) is 0.192. The van der Waals surface area contributed by atoms with Crippen LogP contribution in [0.25, 0.3) is 22.0 Å². The Morgan fingerprint density at radius 1 is 1.06 bits per heavy atom. The number of fused-ring (bicyclic) bond motifs is 1. The van der Waals surface area contributed by atoms with Crippen molar-refractivity contribution in [2.24, 2.45) is 0 Å². The summed E-state index contributed by atoms with van der Waals surface area (Å²) in [6, 6.07) is 17.3. The van der Waals surface area contributed by atoms with Crippen LogP contribution in [0.3, 0.4) is 0 Å². The minimum absolute atomic E-state index is 0.00257. The number of hydrogen-bond donors (Lipinski definition) is 2. The molecular formula is C26H24N2O5. The van der Waals surface area contributed by atoms with Gasteiger partial charge in [0.15, 0.2) is 0 Å². The van der Waals surface area contributed by atoms with Gasteiger partial charge in [0.1, 0.15) is 5.75 Å². The zero-order valence-electron chi connectivity index (χ0n) is 18.2. The lowest BCUT2D eigenvalue weighted by Gasteiger charge is -2.14. The number of carboxylic acids is 2. The summed E-state index contributed by atoms with van der Waals surface area (Å²) in [5.74, 6) is -1.39. The Morgan fingerprint density at radius 3 is 2.52 bits per heavy atom. The number of pyridine rings is 1. The summed E-state index contributed by atoms with van der Waals surface area (Å²) < 4.78 is 7.96. The SMILES string of the molecule is Cc1c(C(=O)O)c2cc(OCCCC(=O)O)c(-c3cccnc3)cc2n1Cc1ccccc1. The normalized spacial score (nSPS) is 10.9. The van der Waals surface area contributed by atoms with Crippen molar-refractivity contribution in [2.45, 2.75) is 26.3 Å². The highest BCUT2D eigenvalue weighted by Crippen LogP contribution is 2.38. The molecule has 0 aliphatic heterocycles. The summed E-state index contributed by atoms with van der Waals surface area (Å²) in [4.78, 5) is 27.2. The van der Waals surface area contributed by atoms with E-state index in [0.717, 1.165) is 22.2 Å². The molecule has 7 heteroatoms. The predicted molar refractivity (Wildman–Crippen MR) is 125 cm³/mol. The summed E-state index contributed by atoms with van der Waals surface area (Å²) in [5, 5.41) is 19.5. The molecule has 33 heavy (non-hydrogen) atoms. The molecule has 0 amide bonds. The van der Waals surface area contributed by atoms with Crippen LogP contribution >= 0.6 is 0 Å². The quantitative estimate of drug-likeness (QED) is 0.352. The van der Waals surface area contributed by atoms with Gasteiger partial charge in [0.25, 0.3) is 0 Å². The molecule has 0 saturated heterocycles. The first-order valence-electron chi connectivity index (χ1n) is 10.6. The van der Waals surface area contributed by atoms with Crippen LogP contribution in [0, 0.1) is 6.92 Å². The van der Waals surface area contributed by atoms with Gasteiger partial charge in [-0.15, -0.1) is 0 Å². The first kappa shape index (κ1) is 22.1. The molecule has 2 aromatic carbocycles. The minimum atomic E-state index is -1.00. The molecule has 0 radical (unpaired) electrons. The van der Waals surface area contributed by atoms with Gasteiger partial charge in [0.05, 0.1) is 17.7 Å². The topological polar surface area (TPSA) is 102 Å². The number of nitrogens with zero attached hydrogens (tertiary/aromatic N) is 2. The first-order valence-corrected chi connectivity index (χ1v) is 10.6. The van der Waals surface area contributed by atoms with E-state index in [1.165, 1.54) is 0 Å². The molecule has 0 aliphatic rings. The van der Waals surface area contributed by atoms with Crippen molar-refractivity contribution < 1.29 is 24.5 Å². The Morgan fingerprint density at radius 2 is 1.85 bits per heavy atom. The second kappa shape index (κ2) is 9.56. The van der Waals surface area contributed by atoms with Crippen molar-refractivity contribution >= 4 is 22.8 Å². The van der Waals surface area contributed by atoms with Crippen LogP contribution in [0.15, 0.2) is 67.0 Å². The molecule has 2 heterocycles. The Hall–Kier alpha value is -4.13. The van der Waals surface area contributed by atoms with E-state index in [-0.39, 0.29) is 18.6 Å². The summed E-state index contributed by atoms with van der Waals surface area (Å²) in [6.07, 6.45) is 3.75. The zero-order valence-corrected chi connectivity index (χ0v) is 18.2. The van der Waals surface area contributed by atoms with Crippen molar-refractivity contribution in [3.05, 3.63) is 83.8 Å². The highest BCUT2D eigenvalue weighted by atomic mass is 16.5. The molecule has 0 bridgehead atoms. The molecule has 0 aliphatic carbocycles. The van der Waals surface area contributed by atoms with Crippen LogP contribution in [0.5, 0.6) is 5.75 Å². The molecule has 4 rings (SSSR count). The first-order chi connectivity index (χ1) is 16.0. The Labute approximate surface area is 190 Å². The molecule has 0 saturated carbocycles. The number of aromatic carboxylic acids is 1. The van der Waals surface area contributed by atoms with E-state index < -0.39 is 11.9 Å². The van der Waals surface area contributed by atoms with E-state index in [0.29, 0.717) is 29.8 Å². The second-order valence-corrected chi connectivity index (χ2v) is 7.79. The largest absolute Gasteiger partial charge is 0.493 e. The molecule has 2 aromatic heterocycles. The van der Waals surface area contributed by atoms with E-state index in [1.54, 1.807) is 18.5 Å². The lowest BCUT2D eigenvalue weighted by atomic mass is 10.0. The van der Waals surface area contributed by atoms with Gasteiger partial charge < -0.3 is 19.5 Å². The van der Waals surface area contributed by atoms with Crippen molar-refractivity contribution in [1.29, 1.82) is 0 Å². The van der Waals surface area contributed by atoms with Gasteiger partial charge in [0.2, 0.25) is 0 Å². The zero-order chi connectivity index (χ0) is 23.4. The number of aliphatic carboxylic acids is 1. The molecule has 168 valence electrons. The summed E-state index contributed by atoms with van der Waals surface area (Å²) >= 11 is 0. The highest BCUT2D eigenvalue weighted by molar-refractivity contribution is 6.07. The summed E-state index contributed by atoms with van der Waals surface area (Å²) in [6.45, 7) is 2.54. The number of carbonyl (C=O) groups is 2. The molecule has 0 fully saturated rings. The third kappa shape index (κ3) is 4.72. The molecule has 0 unspecified atom stereocenters. The molecule has 0 spiro atoms. The van der Waals surface area contributed by atoms with Crippen LogP contribution in [-0.2, 0) is 11.3 Å². The number of hydrogen-bond acceptors (Lipinski definition) is 4. The van der Waals surface area contributed by atoms with Gasteiger partial charge in [-0.25, -0.2) is 4.79 Å². The van der Waals surface area contributed by atoms with Crippen LogP contribution in [-0.4, -0.2) is 38.3 Å². The van der Waals surface area contributed by atoms with Crippen molar-refractivity contribution in [3.8, 4) is 16.9 Å². The lowest BCUT2D eigenvalue weighted by molar-refractivity contribution is -0.137. The van der Waals surface area contributed by atoms with Gasteiger partial charge >= 0.3 is 11.9 Å². The smallest absolute Gasteiger partial charge is 0.338 e. The Bertz CT molecular complexity index is 1300. The van der Waals surface area contributed by atoms with E-state index in [1.807, 2.05) is 60.0 Å². The lowest BCUT2D eigenvalue weighted by Crippen LogP contribution is -2.04. The Kier molecular flexibility index (Phi) is 6.40. The molecule has 0 atom stereocenters. The Balaban J connectivity index is 1.87. The average Bonchev–Trinajstić information content (AvgIpc) is 3.07. The standard InChI is InChI=1S/C26H24N2O5/c1-17-25(26(31)32)21-14-23(33-12-6-10-24(29)30)20(19-9-5-11-27-15-19)13-22(21)28(17)16-18-7-3-2-4-8-18/h2-5,7-9,11,13-15H,6,10,12,16H2,1H3,(H,29,30)(H,31,32). The van der Waals surface area contributed by atoms with E-state index in [9.17, 15) is 14.7 Å². The van der Waals surface area contributed by atoms with Gasteiger partial charge in [-0.3, -0.25) is 9.78 Å². The average molecular weight is 444 g/mol. The van der Waals surface area contributed by atoms with Gasteiger partial charge in [-0.1, -0.05) is 36.4 Å². The van der Waals surface area contributed by atoms with Crippen LogP contribution in [0.4, 0.5) is 0 Å². The monoisotopic (exact) mass is 444 g/mol. The number of carboxylic acid groups (broad SMARTS) is 2. The third-order valence-electron chi connectivity index (χ3n) is 5.59. The molecule has 4 aromatic rings. The van der Waals surface area contributed by atoms with Crippen LogP contribution < -0.4 is 4.74 Å². The third-order valence-corrected chi connectivity index (χ3v) is 5.59. The van der Waals surface area contributed by atoms with E-state index in [2.05, 4.69) is 4.98 Å². The number of benzene rings is 2. The number of rotatable bonds is 9. The minimum Gasteiger partial charge on any atom is -0.493 e. The molecule has 2 N–H and O–H groups in total. The summed E-state index contributed by atoms with van der Waals surface area (Å²) in [5.41, 5.74) is 4.33. The van der Waals surface area contributed by atoms with Crippen molar-refractivity contribution in [1.82, 2.24) is 9.55 Å². The fourth-order valence-electron chi connectivity index (χ4n) is 4.01. The maximum absolute atomic E-state index is 12.2. The van der Waals surface area contributed by atoms with Crippen LogP contribution in [0.1, 0.15) is 34.5 Å². The van der Waals surface area contributed by atoms with Crippen molar-refractivity contribution in [2.75, 3.05) is 6.61 Å². The van der Waals surface area contributed by atoms with E-state index >= 15 is 0 Å². The van der Waals surface area contributed by atoms with Gasteiger partial charge in [-0.05, 0) is 37.1 Å². The molecular weight excluding hydrogens is 420 g/mol. The maximum Gasteiger partial charge on any atom is 0.338 e. The van der Waals surface area contributed by atoms with Crippen molar-refractivity contribution in [3.63, 3.8) is 0 Å². The van der Waals surface area contributed by atoms with Gasteiger partial charge in [0, 0.05) is 47.6 Å². The fourth-order valence-corrected chi connectivity index (χ4v) is 4.01. The molecule has 7 nitrogen and oxygen atoms in total. The summed E-state index contributed by atoms with van der Waals surface area (Å²) in [7, 11) is 0. The number of aromatic nitrogens is 2. The highest BCUT2D eigenvalue weighted by Gasteiger charge is 2.22. The second-order valence-electron chi connectivity index (χ2n) is 7.79. The predicted octanol–water partition coefficient (Wildman–Crippen LogP) is 5.00. The van der Waals surface area contributed by atoms with E-state index in [4.69, 9.17) is 9.84 Å². The van der Waals surface area contributed by atoms with Crippen LogP contribution in [0.2, 0.25) is 0 Å².